The van der Waals surface area contributed by atoms with Crippen LogP contribution in [0.4, 0.5) is 23.5 Å². The zero-order valence-electron chi connectivity index (χ0n) is 16.0. The van der Waals surface area contributed by atoms with Crippen LogP contribution >= 0.6 is 0 Å². The molecule has 2 heterocycles. The van der Waals surface area contributed by atoms with E-state index in [2.05, 4.69) is 15.0 Å². The Kier molecular flexibility index (Phi) is 6.49. The van der Waals surface area contributed by atoms with E-state index >= 15 is 0 Å². The minimum absolute atomic E-state index is 0.0107. The molecule has 0 bridgehead atoms. The van der Waals surface area contributed by atoms with Crippen molar-refractivity contribution in [2.75, 3.05) is 18.0 Å². The molecule has 8 nitrogen and oxygen atoms in total. The summed E-state index contributed by atoms with van der Waals surface area (Å²) in [6, 6.07) is 5.67. The lowest BCUT2D eigenvalue weighted by molar-refractivity contribution is -0.0580. The number of aromatic nitrogens is 3. The van der Waals surface area contributed by atoms with Crippen LogP contribution in [0, 0.1) is 5.82 Å². The fourth-order valence-electron chi connectivity index (χ4n) is 2.92. The first-order valence-corrected chi connectivity index (χ1v) is 9.01. The second-order valence-corrected chi connectivity index (χ2v) is 6.54. The fourth-order valence-corrected chi connectivity index (χ4v) is 2.92. The van der Waals surface area contributed by atoms with Crippen molar-refractivity contribution in [2.24, 2.45) is 10.7 Å². The summed E-state index contributed by atoms with van der Waals surface area (Å²) in [5.41, 5.74) is 4.16. The van der Waals surface area contributed by atoms with Gasteiger partial charge in [0.05, 0.1) is 12.6 Å². The summed E-state index contributed by atoms with van der Waals surface area (Å²) in [5.74, 6) is -0.382. The molecule has 0 fully saturated rings. The number of halogens is 4. The Morgan fingerprint density at radius 2 is 2.03 bits per heavy atom. The molecule has 31 heavy (non-hydrogen) atoms. The predicted octanol–water partition coefficient (Wildman–Crippen LogP) is 1.48. The molecule has 0 aliphatic carbocycles. The third-order valence-corrected chi connectivity index (χ3v) is 4.44. The minimum Gasteiger partial charge on any atom is -0.405 e. The van der Waals surface area contributed by atoms with Crippen molar-refractivity contribution in [1.82, 2.24) is 14.5 Å². The Bertz CT molecular complexity index is 1080. The van der Waals surface area contributed by atoms with Gasteiger partial charge in [-0.2, -0.15) is 18.2 Å². The molecule has 164 valence electrons. The van der Waals surface area contributed by atoms with Crippen molar-refractivity contribution in [1.29, 1.82) is 0 Å². The van der Waals surface area contributed by atoms with Gasteiger partial charge in [0, 0.05) is 6.54 Å². The zero-order chi connectivity index (χ0) is 22.6. The van der Waals surface area contributed by atoms with Gasteiger partial charge in [-0.15, -0.1) is 0 Å². The van der Waals surface area contributed by atoms with Gasteiger partial charge in [0.15, 0.2) is 0 Å². The first-order valence-electron chi connectivity index (χ1n) is 9.01. The Hall–Kier alpha value is -3.54. The third-order valence-electron chi connectivity index (χ3n) is 4.44. The zero-order valence-corrected chi connectivity index (χ0v) is 16.0. The summed E-state index contributed by atoms with van der Waals surface area (Å²) in [7, 11) is 0. The number of nitrogens with zero attached hydrogens (tertiary/aromatic N) is 5. The number of rotatable bonds is 5. The molecule has 0 saturated heterocycles. The van der Waals surface area contributed by atoms with Crippen LogP contribution in [-0.2, 0) is 6.67 Å². The van der Waals surface area contributed by atoms with Crippen LogP contribution in [0.3, 0.4) is 0 Å². The maximum atomic E-state index is 13.1. The molecule has 0 amide bonds. The summed E-state index contributed by atoms with van der Waals surface area (Å²) in [6.07, 6.45) is -1.65. The Balaban J connectivity index is 1.76. The van der Waals surface area contributed by atoms with E-state index < -0.39 is 36.2 Å². The van der Waals surface area contributed by atoms with Gasteiger partial charge < -0.3 is 15.7 Å². The van der Waals surface area contributed by atoms with E-state index in [1.54, 1.807) is 18.2 Å². The van der Waals surface area contributed by atoms with E-state index in [0.29, 0.717) is 23.4 Å². The minimum atomic E-state index is -4.72. The number of aliphatic hydroxyl groups excluding tert-OH is 1. The first-order chi connectivity index (χ1) is 14.7. The van der Waals surface area contributed by atoms with Crippen molar-refractivity contribution in [3.05, 3.63) is 70.8 Å². The Morgan fingerprint density at radius 3 is 2.61 bits per heavy atom. The van der Waals surface area contributed by atoms with Crippen LogP contribution in [-0.4, -0.2) is 50.7 Å². The molecule has 1 atom stereocenters. The quantitative estimate of drug-likeness (QED) is 0.541. The molecule has 1 unspecified atom stereocenters. The summed E-state index contributed by atoms with van der Waals surface area (Å²) in [5, 5.41) is 10.4. The lowest BCUT2D eigenvalue weighted by Gasteiger charge is -2.30. The lowest BCUT2D eigenvalue weighted by atomic mass is 9.97. The second-order valence-electron chi connectivity index (χ2n) is 6.54. The van der Waals surface area contributed by atoms with Crippen LogP contribution in [0.5, 0.6) is 0 Å². The molecule has 12 heteroatoms. The van der Waals surface area contributed by atoms with E-state index in [4.69, 9.17) is 5.73 Å². The van der Waals surface area contributed by atoms with Crippen molar-refractivity contribution >= 4 is 17.2 Å². The van der Waals surface area contributed by atoms with Gasteiger partial charge >= 0.3 is 11.9 Å². The van der Waals surface area contributed by atoms with E-state index in [1.165, 1.54) is 17.0 Å². The van der Waals surface area contributed by atoms with Crippen molar-refractivity contribution < 1.29 is 22.7 Å². The van der Waals surface area contributed by atoms with Crippen molar-refractivity contribution in [3.8, 4) is 0 Å². The molecule has 0 saturated carbocycles. The van der Waals surface area contributed by atoms with Gasteiger partial charge in [-0.3, -0.25) is 9.56 Å². The highest BCUT2D eigenvalue weighted by molar-refractivity contribution is 5.99. The summed E-state index contributed by atoms with van der Waals surface area (Å²) in [6.45, 7) is -0.301. The fraction of sp³-hybridized carbons (Fsp3) is 0.263. The average Bonchev–Trinajstić information content (AvgIpc) is 2.72. The first kappa shape index (κ1) is 22.2. The highest BCUT2D eigenvalue weighted by Crippen LogP contribution is 2.24. The van der Waals surface area contributed by atoms with E-state index in [0.717, 1.165) is 10.9 Å². The van der Waals surface area contributed by atoms with E-state index in [-0.39, 0.29) is 19.0 Å². The van der Waals surface area contributed by atoms with Crippen LogP contribution < -0.4 is 16.3 Å². The van der Waals surface area contributed by atoms with Crippen LogP contribution in [0.15, 0.2) is 58.7 Å². The number of alkyl halides is 3. The molecule has 3 N–H and O–H groups in total. The van der Waals surface area contributed by atoms with Crippen LogP contribution in [0.25, 0.3) is 5.57 Å². The maximum Gasteiger partial charge on any atom is 0.433 e. The number of allylic oxidation sites excluding steroid dienone is 1. The number of aliphatic hydroxyl groups is 1. The van der Waals surface area contributed by atoms with Gasteiger partial charge in [0.25, 0.3) is 0 Å². The van der Waals surface area contributed by atoms with Crippen molar-refractivity contribution in [3.63, 3.8) is 0 Å². The van der Waals surface area contributed by atoms with Gasteiger partial charge in [0.1, 0.15) is 24.5 Å². The molecule has 0 spiro atoms. The van der Waals surface area contributed by atoms with Crippen LogP contribution in [0.2, 0.25) is 0 Å². The number of benzene rings is 1. The number of hydrogen-bond donors (Lipinski definition) is 2. The number of anilines is 1. The third kappa shape index (κ3) is 5.34. The van der Waals surface area contributed by atoms with Gasteiger partial charge in [-0.25, -0.2) is 14.2 Å². The second kappa shape index (κ2) is 9.08. The standard InChI is InChI=1S/C19H18F4N6O2/c20-13-3-1-12(2-4-13)14-6-8-28(9-15(14)30)17-26-11-29(18(31)27-17)10-25-16(5-7-24)19(21,22)23/h1-7,11,15,30H,8-10,24H2/b7-5-,25-16+. The SMILES string of the molecule is N/C=C\C(=N/Cn1cnc(N2CC=C(c3ccc(F)cc3)C(O)C2)nc1=O)C(F)(F)F. The Labute approximate surface area is 173 Å². The predicted molar refractivity (Wildman–Crippen MR) is 106 cm³/mol. The lowest BCUT2D eigenvalue weighted by Crippen LogP contribution is -2.40. The topological polar surface area (TPSA) is 110 Å². The number of nitrogens with two attached hydrogens (primary N) is 1. The maximum absolute atomic E-state index is 13.1. The summed E-state index contributed by atoms with van der Waals surface area (Å²) < 4.78 is 52.3. The summed E-state index contributed by atoms with van der Waals surface area (Å²) >= 11 is 0. The molecule has 0 radical (unpaired) electrons. The van der Waals surface area contributed by atoms with E-state index in [9.17, 15) is 27.5 Å². The molecule has 1 aromatic carbocycles. The molecular formula is C19H18F4N6O2. The molecule has 1 aliphatic heterocycles. The molecule has 1 aromatic heterocycles. The highest BCUT2D eigenvalue weighted by Gasteiger charge is 2.33. The number of hydrogen-bond acceptors (Lipinski definition) is 7. The van der Waals surface area contributed by atoms with Gasteiger partial charge in [-0.1, -0.05) is 18.2 Å². The normalized spacial score (nSPS) is 17.8. The number of aliphatic imine (C=N–C) groups is 1. The molecule has 2 aromatic rings. The smallest absolute Gasteiger partial charge is 0.405 e. The monoisotopic (exact) mass is 438 g/mol. The Morgan fingerprint density at radius 1 is 1.32 bits per heavy atom. The van der Waals surface area contributed by atoms with Gasteiger partial charge in [-0.05, 0) is 35.5 Å². The largest absolute Gasteiger partial charge is 0.433 e. The van der Waals surface area contributed by atoms with E-state index in [1.807, 2.05) is 0 Å². The number of β-amino-alcohol motifs (C(OH)–C–C–N with tert-alkyl or cyclic N) is 1. The summed E-state index contributed by atoms with van der Waals surface area (Å²) in [4.78, 5) is 24.8. The van der Waals surface area contributed by atoms with Crippen LogP contribution in [0.1, 0.15) is 5.56 Å². The average molecular weight is 438 g/mol. The molecule has 3 rings (SSSR count). The molecular weight excluding hydrogens is 420 g/mol. The van der Waals surface area contributed by atoms with Gasteiger partial charge in [0.2, 0.25) is 5.95 Å². The molecule has 1 aliphatic rings. The highest BCUT2D eigenvalue weighted by atomic mass is 19.4. The van der Waals surface area contributed by atoms with Crippen molar-refractivity contribution in [2.45, 2.75) is 18.9 Å².